The molecule has 1 aliphatic rings. The van der Waals surface area contributed by atoms with E-state index >= 15 is 0 Å². The Labute approximate surface area is 156 Å². The predicted molar refractivity (Wildman–Crippen MR) is 97.7 cm³/mol. The van der Waals surface area contributed by atoms with Crippen LogP contribution in [0.3, 0.4) is 0 Å². The molecule has 0 spiro atoms. The lowest BCUT2D eigenvalue weighted by atomic mass is 9.80. The molecule has 9 heteroatoms. The number of hydrogen-bond donors (Lipinski definition) is 4. The second-order valence-corrected chi connectivity index (χ2v) is 6.30. The van der Waals surface area contributed by atoms with Crippen molar-refractivity contribution in [3.63, 3.8) is 0 Å². The average molecular weight is 364 g/mol. The molecular weight excluding hydrogens is 347 g/mol. The third-order valence-electron chi connectivity index (χ3n) is 4.11. The Morgan fingerprint density at radius 3 is 2.52 bits per heavy atom. The Bertz CT molecular complexity index is 905. The van der Waals surface area contributed by atoms with Crippen LogP contribution < -0.4 is 16.1 Å². The first-order valence-corrected chi connectivity index (χ1v) is 8.42. The van der Waals surface area contributed by atoms with Gasteiger partial charge in [0.1, 0.15) is 11.5 Å². The van der Waals surface area contributed by atoms with Crippen LogP contribution in [0.4, 0.5) is 5.82 Å². The van der Waals surface area contributed by atoms with Gasteiger partial charge in [-0.15, -0.1) is 0 Å². The summed E-state index contributed by atoms with van der Waals surface area (Å²) < 4.78 is 0. The van der Waals surface area contributed by atoms with Gasteiger partial charge in [0, 0.05) is 12.5 Å². The van der Waals surface area contributed by atoms with Gasteiger partial charge in [0.2, 0.25) is 5.91 Å². The highest BCUT2D eigenvalue weighted by Gasteiger charge is 2.30. The van der Waals surface area contributed by atoms with Gasteiger partial charge in [0.05, 0.1) is 11.6 Å². The van der Waals surface area contributed by atoms with E-state index in [1.54, 1.807) is 24.3 Å². The van der Waals surface area contributed by atoms with Gasteiger partial charge in [-0.2, -0.15) is 5.26 Å². The van der Waals surface area contributed by atoms with Crippen LogP contribution in [-0.2, 0) is 11.3 Å². The minimum atomic E-state index is -1.80. The first kappa shape index (κ1) is 18.6. The Kier molecular flexibility index (Phi) is 5.50. The number of nitrogens with zero attached hydrogens (tertiary/aromatic N) is 2. The van der Waals surface area contributed by atoms with Crippen molar-refractivity contribution in [1.29, 1.82) is 5.26 Å². The predicted octanol–water partition coefficient (Wildman–Crippen LogP) is -0.0884. The SMILES string of the molecule is N#Cc1ccc(CNC(=O)c2cc(B(O)O)cc(NC(=O)C3CC3)n2)cc1. The zero-order valence-electron chi connectivity index (χ0n) is 14.3. The highest BCUT2D eigenvalue weighted by molar-refractivity contribution is 6.58. The van der Waals surface area contributed by atoms with Crippen molar-refractivity contribution in [2.24, 2.45) is 5.92 Å². The van der Waals surface area contributed by atoms with Crippen molar-refractivity contribution in [2.45, 2.75) is 19.4 Å². The summed E-state index contributed by atoms with van der Waals surface area (Å²) in [5.41, 5.74) is 1.33. The molecule has 27 heavy (non-hydrogen) atoms. The summed E-state index contributed by atoms with van der Waals surface area (Å²) in [7, 11) is -1.80. The van der Waals surface area contributed by atoms with Crippen LogP contribution in [0.15, 0.2) is 36.4 Å². The summed E-state index contributed by atoms with van der Waals surface area (Å²) in [5.74, 6) is -0.677. The lowest BCUT2D eigenvalue weighted by molar-refractivity contribution is -0.117. The summed E-state index contributed by atoms with van der Waals surface area (Å²) in [6.07, 6.45) is 1.62. The maximum atomic E-state index is 12.4. The topological polar surface area (TPSA) is 135 Å². The van der Waals surface area contributed by atoms with E-state index in [0.29, 0.717) is 5.56 Å². The Balaban J connectivity index is 1.72. The van der Waals surface area contributed by atoms with Crippen LogP contribution >= 0.6 is 0 Å². The molecule has 1 fully saturated rings. The lowest BCUT2D eigenvalue weighted by Crippen LogP contribution is -2.33. The molecule has 0 saturated heterocycles. The summed E-state index contributed by atoms with van der Waals surface area (Å²) >= 11 is 0. The Morgan fingerprint density at radius 1 is 1.22 bits per heavy atom. The summed E-state index contributed by atoms with van der Waals surface area (Å²) in [6, 6.07) is 11.3. The molecule has 0 radical (unpaired) electrons. The number of benzene rings is 1. The Morgan fingerprint density at radius 2 is 1.93 bits per heavy atom. The normalized spacial score (nSPS) is 12.8. The fourth-order valence-corrected chi connectivity index (χ4v) is 2.42. The molecule has 1 heterocycles. The van der Waals surface area contributed by atoms with Crippen molar-refractivity contribution in [2.75, 3.05) is 5.32 Å². The molecule has 0 aliphatic heterocycles. The largest absolute Gasteiger partial charge is 0.488 e. The maximum Gasteiger partial charge on any atom is 0.488 e. The molecule has 1 aromatic carbocycles. The number of nitrogens with one attached hydrogen (secondary N) is 2. The Hall–Kier alpha value is -3.22. The van der Waals surface area contributed by atoms with Crippen LogP contribution in [0.25, 0.3) is 0 Å². The van der Waals surface area contributed by atoms with E-state index < -0.39 is 13.0 Å². The van der Waals surface area contributed by atoms with Crippen molar-refractivity contribution >= 4 is 30.2 Å². The number of anilines is 1. The highest BCUT2D eigenvalue weighted by Crippen LogP contribution is 2.29. The number of carbonyl (C=O) groups excluding carboxylic acids is 2. The molecule has 0 bridgehead atoms. The van der Waals surface area contributed by atoms with Gasteiger partial charge in [-0.1, -0.05) is 12.1 Å². The third kappa shape index (κ3) is 4.91. The summed E-state index contributed by atoms with van der Waals surface area (Å²) in [4.78, 5) is 28.4. The summed E-state index contributed by atoms with van der Waals surface area (Å²) in [6.45, 7) is 0.210. The van der Waals surface area contributed by atoms with Crippen molar-refractivity contribution in [3.8, 4) is 6.07 Å². The number of carbonyl (C=O) groups is 2. The molecule has 1 saturated carbocycles. The van der Waals surface area contributed by atoms with E-state index in [1.807, 2.05) is 6.07 Å². The molecule has 2 aromatic rings. The van der Waals surface area contributed by atoms with Gasteiger partial charge < -0.3 is 20.7 Å². The number of hydrogen-bond acceptors (Lipinski definition) is 6. The summed E-state index contributed by atoms with van der Waals surface area (Å²) in [5, 5.41) is 32.9. The third-order valence-corrected chi connectivity index (χ3v) is 4.11. The van der Waals surface area contributed by atoms with E-state index in [9.17, 15) is 19.6 Å². The molecule has 2 amide bonds. The molecule has 3 rings (SSSR count). The molecule has 1 aromatic heterocycles. The van der Waals surface area contributed by atoms with Gasteiger partial charge >= 0.3 is 7.12 Å². The van der Waals surface area contributed by atoms with Crippen LogP contribution in [0.5, 0.6) is 0 Å². The molecule has 0 atom stereocenters. The zero-order chi connectivity index (χ0) is 19.4. The van der Waals surface area contributed by atoms with Crippen LogP contribution in [0.2, 0.25) is 0 Å². The molecule has 8 nitrogen and oxygen atoms in total. The number of nitriles is 1. The minimum absolute atomic E-state index is 0.0414. The smallest absolute Gasteiger partial charge is 0.423 e. The molecular formula is C18H17BN4O4. The molecule has 1 aliphatic carbocycles. The van der Waals surface area contributed by atoms with E-state index in [2.05, 4.69) is 15.6 Å². The molecule has 0 unspecified atom stereocenters. The first-order valence-electron chi connectivity index (χ1n) is 8.42. The van der Waals surface area contributed by atoms with Gasteiger partial charge in [0.25, 0.3) is 5.91 Å². The second-order valence-electron chi connectivity index (χ2n) is 6.30. The number of rotatable bonds is 6. The van der Waals surface area contributed by atoms with Crippen LogP contribution in [0, 0.1) is 17.2 Å². The number of pyridine rings is 1. The van der Waals surface area contributed by atoms with E-state index in [4.69, 9.17) is 5.26 Å². The molecule has 4 N–H and O–H groups in total. The van der Waals surface area contributed by atoms with Crippen molar-refractivity contribution in [1.82, 2.24) is 10.3 Å². The quantitative estimate of drug-likeness (QED) is 0.529. The van der Waals surface area contributed by atoms with Gasteiger partial charge in [-0.25, -0.2) is 4.98 Å². The zero-order valence-corrected chi connectivity index (χ0v) is 14.3. The van der Waals surface area contributed by atoms with E-state index in [1.165, 1.54) is 12.1 Å². The number of amides is 2. The monoisotopic (exact) mass is 364 g/mol. The van der Waals surface area contributed by atoms with Crippen molar-refractivity contribution in [3.05, 3.63) is 53.2 Å². The lowest BCUT2D eigenvalue weighted by Gasteiger charge is -2.10. The fraction of sp³-hybridized carbons (Fsp3) is 0.222. The number of aromatic nitrogens is 1. The van der Waals surface area contributed by atoms with Gasteiger partial charge in [0.15, 0.2) is 0 Å². The maximum absolute atomic E-state index is 12.4. The minimum Gasteiger partial charge on any atom is -0.423 e. The van der Waals surface area contributed by atoms with Gasteiger partial charge in [-0.3, -0.25) is 9.59 Å². The van der Waals surface area contributed by atoms with E-state index in [-0.39, 0.29) is 35.3 Å². The standard InChI is InChI=1S/C18H17BN4O4/c20-9-11-1-3-12(4-2-11)10-21-18(25)15-7-14(19(26)27)8-16(22-15)23-17(24)13-5-6-13/h1-4,7-8,13,26-27H,5-6,10H2,(H,21,25)(H,22,23,24). The van der Waals surface area contributed by atoms with Crippen LogP contribution in [0.1, 0.15) is 34.5 Å². The second kappa shape index (κ2) is 7.99. The van der Waals surface area contributed by atoms with Crippen molar-refractivity contribution < 1.29 is 19.6 Å². The fourth-order valence-electron chi connectivity index (χ4n) is 2.42. The average Bonchev–Trinajstić information content (AvgIpc) is 3.51. The van der Waals surface area contributed by atoms with E-state index in [0.717, 1.165) is 18.4 Å². The molecule has 136 valence electrons. The van der Waals surface area contributed by atoms with Crippen LogP contribution in [-0.4, -0.2) is 34.0 Å². The van der Waals surface area contributed by atoms with Gasteiger partial charge in [-0.05, 0) is 48.1 Å². The first-order chi connectivity index (χ1) is 13.0. The highest BCUT2D eigenvalue weighted by atomic mass is 16.4.